The van der Waals surface area contributed by atoms with Gasteiger partial charge < -0.3 is 4.90 Å². The van der Waals surface area contributed by atoms with Crippen LogP contribution >= 0.6 is 0 Å². The number of nitrogens with one attached hydrogen (secondary N) is 1. The van der Waals surface area contributed by atoms with Gasteiger partial charge in [0.05, 0.1) is 18.4 Å². The zero-order valence-electron chi connectivity index (χ0n) is 16.4. The highest BCUT2D eigenvalue weighted by atomic mass is 15.3. The maximum absolute atomic E-state index is 4.76. The van der Waals surface area contributed by atoms with Gasteiger partial charge in [-0.2, -0.15) is 5.10 Å². The molecule has 2 aromatic carbocycles. The van der Waals surface area contributed by atoms with Crippen LogP contribution in [0.1, 0.15) is 0 Å². The minimum atomic E-state index is 0.842. The van der Waals surface area contributed by atoms with Gasteiger partial charge in [-0.15, -0.1) is 0 Å². The summed E-state index contributed by atoms with van der Waals surface area (Å²) in [5.74, 6) is 0. The van der Waals surface area contributed by atoms with Gasteiger partial charge >= 0.3 is 0 Å². The first-order chi connectivity index (χ1) is 14.9. The predicted molar refractivity (Wildman–Crippen MR) is 119 cm³/mol. The molecule has 3 aromatic heterocycles. The summed E-state index contributed by atoms with van der Waals surface area (Å²) in [7, 11) is 0. The number of para-hydroxylation sites is 1. The number of hydrogen-bond donors (Lipinski definition) is 1. The van der Waals surface area contributed by atoms with E-state index in [0.717, 1.165) is 58.6 Å². The molecule has 0 amide bonds. The van der Waals surface area contributed by atoms with Crippen LogP contribution in [0.25, 0.3) is 38.8 Å². The first kappa shape index (κ1) is 17.1. The summed E-state index contributed by atoms with van der Waals surface area (Å²) in [5, 5.41) is 9.05. The molecule has 4 heterocycles. The molecule has 30 heavy (non-hydrogen) atoms. The van der Waals surface area contributed by atoms with Crippen molar-refractivity contribution in [1.82, 2.24) is 24.9 Å². The normalized spacial score (nSPS) is 14.1. The summed E-state index contributed by atoms with van der Waals surface area (Å²) in [4.78, 5) is 11.6. The first-order valence-electron chi connectivity index (χ1n) is 10.1. The molecule has 0 aliphatic carbocycles. The molecule has 6 rings (SSSR count). The number of aromatic nitrogens is 4. The number of hydrogen-bond acceptors (Lipinski definition) is 5. The van der Waals surface area contributed by atoms with Crippen molar-refractivity contribution in [1.29, 1.82) is 0 Å². The number of rotatable bonds is 3. The highest BCUT2D eigenvalue weighted by Gasteiger charge is 2.14. The fraction of sp³-hybridized carbons (Fsp3) is 0.125. The van der Waals surface area contributed by atoms with Crippen LogP contribution in [0.4, 0.5) is 5.69 Å². The molecule has 146 valence electrons. The van der Waals surface area contributed by atoms with Crippen LogP contribution in [0.2, 0.25) is 0 Å². The fourth-order valence-corrected chi connectivity index (χ4v) is 4.14. The molecule has 6 nitrogen and oxygen atoms in total. The maximum atomic E-state index is 4.76. The molecule has 0 bridgehead atoms. The quantitative estimate of drug-likeness (QED) is 0.503. The zero-order valence-corrected chi connectivity index (χ0v) is 16.4. The lowest BCUT2D eigenvalue weighted by Crippen LogP contribution is -2.20. The topological polar surface area (TPSA) is 58.4 Å². The molecule has 0 unspecified atom stereocenters. The molecular formula is C24H20N6. The standard InChI is InChI=1S/C24H20N6/c1-2-4-23-21(3-1)20(9-10-26-23)22-14-28-30-15-18(13-27-24(22)30)17-5-7-19(8-6-17)29-12-11-25-16-29/h1-10,13-15,25H,11-12,16H2. The number of nitrogens with zero attached hydrogens (tertiary/aromatic N) is 5. The molecule has 0 radical (unpaired) electrons. The van der Waals surface area contributed by atoms with Gasteiger partial charge in [0, 0.05) is 53.9 Å². The smallest absolute Gasteiger partial charge is 0.162 e. The Morgan fingerprint density at radius 3 is 2.60 bits per heavy atom. The van der Waals surface area contributed by atoms with E-state index >= 15 is 0 Å². The van der Waals surface area contributed by atoms with Crippen molar-refractivity contribution in [2.24, 2.45) is 0 Å². The van der Waals surface area contributed by atoms with Gasteiger partial charge in [-0.05, 0) is 35.4 Å². The van der Waals surface area contributed by atoms with Gasteiger partial charge in [-0.25, -0.2) is 9.50 Å². The van der Waals surface area contributed by atoms with Gasteiger partial charge in [0.2, 0.25) is 0 Å². The molecule has 1 saturated heterocycles. The zero-order chi connectivity index (χ0) is 19.9. The van der Waals surface area contributed by atoms with Crippen LogP contribution in [0.15, 0.2) is 79.4 Å². The summed E-state index contributed by atoms with van der Waals surface area (Å²) < 4.78 is 1.86. The molecule has 0 atom stereocenters. The van der Waals surface area contributed by atoms with Crippen LogP contribution in [-0.4, -0.2) is 39.3 Å². The maximum Gasteiger partial charge on any atom is 0.162 e. The Hall–Kier alpha value is -3.77. The summed E-state index contributed by atoms with van der Waals surface area (Å²) in [6.45, 7) is 3.00. The number of benzene rings is 2. The second kappa shape index (κ2) is 6.93. The molecule has 1 N–H and O–H groups in total. The lowest BCUT2D eigenvalue weighted by atomic mass is 10.0. The van der Waals surface area contributed by atoms with Crippen molar-refractivity contribution in [3.8, 4) is 22.3 Å². The lowest BCUT2D eigenvalue weighted by Gasteiger charge is -2.16. The summed E-state index contributed by atoms with van der Waals surface area (Å²) >= 11 is 0. The third kappa shape index (κ3) is 2.81. The second-order valence-electron chi connectivity index (χ2n) is 7.51. The van der Waals surface area contributed by atoms with E-state index in [4.69, 9.17) is 4.98 Å². The van der Waals surface area contributed by atoms with Gasteiger partial charge in [-0.3, -0.25) is 10.3 Å². The van der Waals surface area contributed by atoms with Crippen molar-refractivity contribution in [3.05, 3.63) is 79.4 Å². The van der Waals surface area contributed by atoms with E-state index in [9.17, 15) is 0 Å². The summed E-state index contributed by atoms with van der Waals surface area (Å²) in [6, 6.07) is 18.8. The molecule has 6 heteroatoms. The van der Waals surface area contributed by atoms with E-state index in [2.05, 4.69) is 50.6 Å². The van der Waals surface area contributed by atoms with Crippen molar-refractivity contribution in [3.63, 3.8) is 0 Å². The SMILES string of the molecule is c1ccc2c(-c3cnn4cc(-c5ccc(N6CCNC6)cc5)cnc34)ccnc2c1. The van der Waals surface area contributed by atoms with Gasteiger partial charge in [-0.1, -0.05) is 30.3 Å². The van der Waals surface area contributed by atoms with E-state index in [1.807, 2.05) is 53.6 Å². The van der Waals surface area contributed by atoms with Crippen molar-refractivity contribution < 1.29 is 0 Å². The van der Waals surface area contributed by atoms with Crippen LogP contribution in [0.3, 0.4) is 0 Å². The van der Waals surface area contributed by atoms with Gasteiger partial charge in [0.25, 0.3) is 0 Å². The summed E-state index contributed by atoms with van der Waals surface area (Å²) in [6.07, 6.45) is 7.70. The molecule has 0 spiro atoms. The van der Waals surface area contributed by atoms with Crippen LogP contribution in [0.5, 0.6) is 0 Å². The molecular weight excluding hydrogens is 372 g/mol. The third-order valence-electron chi connectivity index (χ3n) is 5.72. The number of fused-ring (bicyclic) bond motifs is 2. The van der Waals surface area contributed by atoms with E-state index in [1.165, 1.54) is 5.69 Å². The second-order valence-corrected chi connectivity index (χ2v) is 7.51. The Kier molecular flexibility index (Phi) is 3.95. The highest BCUT2D eigenvalue weighted by Crippen LogP contribution is 2.31. The Morgan fingerprint density at radius 1 is 0.833 bits per heavy atom. The van der Waals surface area contributed by atoms with Crippen LogP contribution in [-0.2, 0) is 0 Å². The van der Waals surface area contributed by atoms with Crippen molar-refractivity contribution >= 4 is 22.2 Å². The van der Waals surface area contributed by atoms with Gasteiger partial charge in [0.15, 0.2) is 5.65 Å². The monoisotopic (exact) mass is 392 g/mol. The van der Waals surface area contributed by atoms with Crippen LogP contribution < -0.4 is 10.2 Å². The average molecular weight is 392 g/mol. The predicted octanol–water partition coefficient (Wildman–Crippen LogP) is 3.98. The average Bonchev–Trinajstić information content (AvgIpc) is 3.49. The van der Waals surface area contributed by atoms with E-state index in [0.29, 0.717) is 0 Å². The number of pyridine rings is 1. The van der Waals surface area contributed by atoms with E-state index in [-0.39, 0.29) is 0 Å². The molecule has 1 fully saturated rings. The minimum absolute atomic E-state index is 0.842. The Morgan fingerprint density at radius 2 is 1.73 bits per heavy atom. The molecule has 5 aromatic rings. The first-order valence-corrected chi connectivity index (χ1v) is 10.1. The largest absolute Gasteiger partial charge is 0.357 e. The van der Waals surface area contributed by atoms with Gasteiger partial charge in [0.1, 0.15) is 0 Å². The molecule has 1 aliphatic heterocycles. The Balaban J connectivity index is 1.39. The Bertz CT molecular complexity index is 1340. The van der Waals surface area contributed by atoms with Crippen LogP contribution in [0, 0.1) is 0 Å². The third-order valence-corrected chi connectivity index (χ3v) is 5.72. The van der Waals surface area contributed by atoms with Crippen molar-refractivity contribution in [2.45, 2.75) is 0 Å². The Labute approximate surface area is 173 Å². The fourth-order valence-electron chi connectivity index (χ4n) is 4.14. The van der Waals surface area contributed by atoms with E-state index in [1.54, 1.807) is 0 Å². The minimum Gasteiger partial charge on any atom is -0.357 e. The van der Waals surface area contributed by atoms with E-state index < -0.39 is 0 Å². The number of anilines is 1. The molecule has 1 aliphatic rings. The van der Waals surface area contributed by atoms with Crippen molar-refractivity contribution in [2.75, 3.05) is 24.7 Å². The molecule has 0 saturated carbocycles. The summed E-state index contributed by atoms with van der Waals surface area (Å²) in [5.41, 5.74) is 7.34. The highest BCUT2D eigenvalue weighted by molar-refractivity contribution is 5.97. The lowest BCUT2D eigenvalue weighted by molar-refractivity contribution is 0.855.